The molecule has 1 aromatic rings. The van der Waals surface area contributed by atoms with Gasteiger partial charge < -0.3 is 10.1 Å². The summed E-state index contributed by atoms with van der Waals surface area (Å²) in [6.45, 7) is 5.68. The summed E-state index contributed by atoms with van der Waals surface area (Å²) in [4.78, 5) is 27.2. The molecule has 0 radical (unpaired) electrons. The van der Waals surface area contributed by atoms with Crippen LogP contribution in [0.5, 0.6) is 0 Å². The second kappa shape index (κ2) is 6.02. The zero-order valence-corrected chi connectivity index (χ0v) is 12.2. The number of amides is 1. The second-order valence-electron chi connectivity index (χ2n) is 5.08. The molecule has 1 N–H and O–H groups in total. The molecule has 5 nitrogen and oxygen atoms in total. The number of rotatable bonds is 3. The topological polar surface area (TPSA) is 68.3 Å². The summed E-state index contributed by atoms with van der Waals surface area (Å²) in [5.41, 5.74) is 0.305. The lowest BCUT2D eigenvalue weighted by Gasteiger charge is -2.17. The van der Waals surface area contributed by atoms with Crippen LogP contribution in [0.1, 0.15) is 36.8 Å². The lowest BCUT2D eigenvalue weighted by atomic mass is 9.96. The molecule has 0 bridgehead atoms. The number of nitrogens with zero attached hydrogens (tertiary/aromatic N) is 1. The Morgan fingerprint density at radius 2 is 2.05 bits per heavy atom. The van der Waals surface area contributed by atoms with Gasteiger partial charge in [0.15, 0.2) is 0 Å². The summed E-state index contributed by atoms with van der Waals surface area (Å²) >= 11 is 5.85. The summed E-state index contributed by atoms with van der Waals surface area (Å²) < 4.78 is 4.61. The molecule has 0 fully saturated rings. The average molecular weight is 285 g/mol. The highest BCUT2D eigenvalue weighted by atomic mass is 35.5. The van der Waals surface area contributed by atoms with Gasteiger partial charge in [-0.3, -0.25) is 9.78 Å². The smallest absolute Gasteiger partial charge is 0.339 e. The quantitative estimate of drug-likeness (QED) is 0.864. The summed E-state index contributed by atoms with van der Waals surface area (Å²) in [6, 6.07) is 1.51. The van der Waals surface area contributed by atoms with Gasteiger partial charge in [-0.05, 0) is 6.07 Å². The van der Waals surface area contributed by atoms with Crippen LogP contribution in [0.25, 0.3) is 0 Å². The monoisotopic (exact) mass is 284 g/mol. The molecule has 19 heavy (non-hydrogen) atoms. The second-order valence-corrected chi connectivity index (χ2v) is 5.49. The SMILES string of the molecule is COC(=O)c1cc(CNC(=O)C(C)(C)C)ncc1Cl. The minimum Gasteiger partial charge on any atom is -0.465 e. The number of pyridine rings is 1. The Morgan fingerprint density at radius 1 is 1.42 bits per heavy atom. The van der Waals surface area contributed by atoms with Gasteiger partial charge in [-0.1, -0.05) is 32.4 Å². The highest BCUT2D eigenvalue weighted by Crippen LogP contribution is 2.17. The van der Waals surface area contributed by atoms with Gasteiger partial charge in [0.05, 0.1) is 29.9 Å². The van der Waals surface area contributed by atoms with E-state index in [9.17, 15) is 9.59 Å². The molecule has 6 heteroatoms. The number of esters is 1. The number of aromatic nitrogens is 1. The van der Waals surface area contributed by atoms with Gasteiger partial charge in [0, 0.05) is 11.6 Å². The van der Waals surface area contributed by atoms with E-state index in [1.54, 1.807) is 0 Å². The minimum atomic E-state index is -0.532. The molecule has 0 aliphatic carbocycles. The van der Waals surface area contributed by atoms with E-state index in [0.29, 0.717) is 5.69 Å². The Balaban J connectivity index is 2.81. The summed E-state index contributed by atoms with van der Waals surface area (Å²) in [6.07, 6.45) is 1.37. The molecule has 1 rings (SSSR count). The van der Waals surface area contributed by atoms with Crippen molar-refractivity contribution in [3.05, 3.63) is 28.5 Å². The Bertz CT molecular complexity index is 495. The number of nitrogens with one attached hydrogen (secondary N) is 1. The standard InChI is InChI=1S/C13H17ClN2O3/c1-13(2,3)12(18)16-6-8-5-9(11(17)19-4)10(14)7-15-8/h5,7H,6H2,1-4H3,(H,16,18). The molecule has 1 amide bonds. The van der Waals surface area contributed by atoms with E-state index in [1.165, 1.54) is 19.4 Å². The number of methoxy groups -OCH3 is 1. The summed E-state index contributed by atoms with van der Waals surface area (Å²) in [7, 11) is 1.28. The van der Waals surface area contributed by atoms with Crippen LogP contribution in [0.2, 0.25) is 5.02 Å². The number of carbonyl (C=O) groups is 2. The molecule has 0 unspecified atom stereocenters. The fraction of sp³-hybridized carbons (Fsp3) is 0.462. The van der Waals surface area contributed by atoms with Crippen LogP contribution in [-0.2, 0) is 16.1 Å². The van der Waals surface area contributed by atoms with Crippen molar-refractivity contribution in [1.29, 1.82) is 0 Å². The highest BCUT2D eigenvalue weighted by molar-refractivity contribution is 6.33. The molecule has 0 saturated carbocycles. The first-order chi connectivity index (χ1) is 8.75. The fourth-order valence-electron chi connectivity index (χ4n) is 1.28. The molecule has 0 aromatic carbocycles. The van der Waals surface area contributed by atoms with E-state index in [4.69, 9.17) is 11.6 Å². The van der Waals surface area contributed by atoms with Crippen molar-refractivity contribution >= 4 is 23.5 Å². The van der Waals surface area contributed by atoms with Crippen LogP contribution >= 0.6 is 11.6 Å². The molecule has 0 atom stereocenters. The largest absolute Gasteiger partial charge is 0.465 e. The molecule has 104 valence electrons. The van der Waals surface area contributed by atoms with E-state index in [-0.39, 0.29) is 23.0 Å². The third-order valence-corrected chi connectivity index (χ3v) is 2.73. The van der Waals surface area contributed by atoms with Crippen LogP contribution in [-0.4, -0.2) is 24.0 Å². The normalized spacial score (nSPS) is 11.0. The third kappa shape index (κ3) is 4.21. The maximum atomic E-state index is 11.7. The van der Waals surface area contributed by atoms with Gasteiger partial charge in [0.1, 0.15) is 0 Å². The van der Waals surface area contributed by atoms with Gasteiger partial charge in [0.25, 0.3) is 0 Å². The zero-order valence-electron chi connectivity index (χ0n) is 11.4. The first-order valence-electron chi connectivity index (χ1n) is 5.76. The predicted molar refractivity (Wildman–Crippen MR) is 71.9 cm³/mol. The highest BCUT2D eigenvalue weighted by Gasteiger charge is 2.21. The van der Waals surface area contributed by atoms with E-state index >= 15 is 0 Å². The summed E-state index contributed by atoms with van der Waals surface area (Å²) in [5.74, 6) is -0.625. The van der Waals surface area contributed by atoms with E-state index in [0.717, 1.165) is 0 Å². The van der Waals surface area contributed by atoms with Crippen molar-refractivity contribution in [1.82, 2.24) is 10.3 Å². The van der Waals surface area contributed by atoms with Crippen molar-refractivity contribution in [2.75, 3.05) is 7.11 Å². The zero-order chi connectivity index (χ0) is 14.6. The lowest BCUT2D eigenvalue weighted by Crippen LogP contribution is -2.34. The van der Waals surface area contributed by atoms with Crippen LogP contribution in [0.4, 0.5) is 0 Å². The first kappa shape index (κ1) is 15.4. The van der Waals surface area contributed by atoms with Gasteiger partial charge in [-0.15, -0.1) is 0 Å². The minimum absolute atomic E-state index is 0.0936. The molecule has 1 aromatic heterocycles. The molecule has 0 aliphatic heterocycles. The fourth-order valence-corrected chi connectivity index (χ4v) is 1.46. The van der Waals surface area contributed by atoms with Gasteiger partial charge in [-0.2, -0.15) is 0 Å². The number of ether oxygens (including phenoxy) is 1. The molecular weight excluding hydrogens is 268 g/mol. The Morgan fingerprint density at radius 3 is 2.58 bits per heavy atom. The molecule has 0 spiro atoms. The maximum Gasteiger partial charge on any atom is 0.339 e. The summed E-state index contributed by atoms with van der Waals surface area (Å²) in [5, 5.41) is 2.97. The maximum absolute atomic E-state index is 11.7. The van der Waals surface area contributed by atoms with Gasteiger partial charge in [-0.25, -0.2) is 4.79 Å². The number of hydrogen-bond acceptors (Lipinski definition) is 4. The molecular formula is C13H17ClN2O3. The van der Waals surface area contributed by atoms with Crippen LogP contribution in [0, 0.1) is 5.41 Å². The van der Waals surface area contributed by atoms with Crippen molar-refractivity contribution in [2.45, 2.75) is 27.3 Å². The Hall–Kier alpha value is -1.62. The molecule has 1 heterocycles. The van der Waals surface area contributed by atoms with E-state index in [1.807, 2.05) is 20.8 Å². The molecule has 0 saturated heterocycles. The number of carbonyl (C=O) groups excluding carboxylic acids is 2. The Labute approximate surface area is 117 Å². The predicted octanol–water partition coefficient (Wildman–Crippen LogP) is 2.18. The van der Waals surface area contributed by atoms with E-state index < -0.39 is 11.4 Å². The Kier molecular flexibility index (Phi) is 4.89. The van der Waals surface area contributed by atoms with Gasteiger partial charge >= 0.3 is 5.97 Å². The van der Waals surface area contributed by atoms with Crippen molar-refractivity contribution in [3.8, 4) is 0 Å². The molecule has 0 aliphatic rings. The van der Waals surface area contributed by atoms with Crippen LogP contribution in [0.3, 0.4) is 0 Å². The lowest BCUT2D eigenvalue weighted by molar-refractivity contribution is -0.128. The first-order valence-corrected chi connectivity index (χ1v) is 6.14. The average Bonchev–Trinajstić information content (AvgIpc) is 2.35. The van der Waals surface area contributed by atoms with Crippen molar-refractivity contribution < 1.29 is 14.3 Å². The van der Waals surface area contributed by atoms with Gasteiger partial charge in [0.2, 0.25) is 5.91 Å². The third-order valence-electron chi connectivity index (χ3n) is 2.43. The number of hydrogen-bond donors (Lipinski definition) is 1. The van der Waals surface area contributed by atoms with Crippen LogP contribution < -0.4 is 5.32 Å². The van der Waals surface area contributed by atoms with Crippen LogP contribution in [0.15, 0.2) is 12.3 Å². The van der Waals surface area contributed by atoms with Crippen molar-refractivity contribution in [2.24, 2.45) is 5.41 Å². The van der Waals surface area contributed by atoms with E-state index in [2.05, 4.69) is 15.0 Å². The van der Waals surface area contributed by atoms with Crippen molar-refractivity contribution in [3.63, 3.8) is 0 Å². The number of halogens is 1.